The number of hydrogen-bond acceptors (Lipinski definition) is 5. The van der Waals surface area contributed by atoms with E-state index >= 15 is 0 Å². The maximum Gasteiger partial charge on any atom is 0.328 e. The highest BCUT2D eigenvalue weighted by molar-refractivity contribution is 5.84. The van der Waals surface area contributed by atoms with Crippen LogP contribution in [0.3, 0.4) is 0 Å². The first-order valence-electron chi connectivity index (χ1n) is 21.7. The van der Waals surface area contributed by atoms with Crippen molar-refractivity contribution in [1.29, 1.82) is 0 Å². The molecule has 0 aromatic heterocycles. The number of fused-ring (bicyclic) bond motifs is 7. The molecule has 5 saturated carbocycles. The monoisotopic (exact) mass is 741 g/mol. The zero-order valence-corrected chi connectivity index (χ0v) is 34.5. The molecule has 0 spiro atoms. The van der Waals surface area contributed by atoms with Crippen LogP contribution in [0.1, 0.15) is 170 Å². The second-order valence-corrected chi connectivity index (χ2v) is 20.2. The summed E-state index contributed by atoms with van der Waals surface area (Å²) < 4.78 is 0. The van der Waals surface area contributed by atoms with Gasteiger partial charge in [0, 0.05) is 13.0 Å². The van der Waals surface area contributed by atoms with Gasteiger partial charge >= 0.3 is 5.97 Å². The Labute approximate surface area is 321 Å². The number of carbonyl (C=O) groups excluding carboxylic acids is 2. The molecule has 5 N–H and O–H groups in total. The number of carboxylic acid groups (broad SMARTS) is 1. The number of unbranched alkanes of at least 4 members (excludes halogenated alkanes) is 7. The van der Waals surface area contributed by atoms with Crippen molar-refractivity contribution in [2.24, 2.45) is 56.7 Å². The number of rotatable bonds is 16. The molecule has 1 unspecified atom stereocenters. The van der Waals surface area contributed by atoms with E-state index in [1.54, 1.807) is 0 Å². The van der Waals surface area contributed by atoms with Gasteiger partial charge in [-0.3, -0.25) is 9.59 Å². The molecule has 0 radical (unpaired) electrons. The van der Waals surface area contributed by atoms with Crippen molar-refractivity contribution < 1.29 is 29.7 Å². The molecule has 0 saturated heterocycles. The van der Waals surface area contributed by atoms with Gasteiger partial charge in [0.05, 0.1) is 17.6 Å². The molecule has 0 aliphatic heterocycles. The highest BCUT2D eigenvalue weighted by Gasteiger charge is 2.71. The van der Waals surface area contributed by atoms with Crippen LogP contribution < -0.4 is 10.6 Å². The van der Waals surface area contributed by atoms with E-state index in [2.05, 4.69) is 58.8 Å². The molecule has 302 valence electrons. The van der Waals surface area contributed by atoms with E-state index in [0.29, 0.717) is 41.9 Å². The SMILES string of the molecule is C=C(C)[C@@H]1CC[C@]2(C(=O)NCCCCCCCCCCC(=O)N[C@H](C(=O)O)[C@@H](C)O)CC[C@]3(C)[C@H](CCC4[C@@]5(C)CC[C@H](O)C(C)(C)[C@@H]5CC[C@]43C)[C@@H]12. The lowest BCUT2D eigenvalue weighted by Crippen LogP contribution is -2.67. The summed E-state index contributed by atoms with van der Waals surface area (Å²) in [6, 6.07) is -1.26. The summed E-state index contributed by atoms with van der Waals surface area (Å²) >= 11 is 0. The van der Waals surface area contributed by atoms with Crippen molar-refractivity contribution in [3.63, 3.8) is 0 Å². The van der Waals surface area contributed by atoms with Crippen molar-refractivity contribution >= 4 is 17.8 Å². The molecule has 0 heterocycles. The molecular formula is C45H76N2O6. The number of carbonyl (C=O) groups is 3. The van der Waals surface area contributed by atoms with Crippen LogP contribution in [0.25, 0.3) is 0 Å². The molecule has 0 bridgehead atoms. The van der Waals surface area contributed by atoms with Crippen LogP contribution in [0.5, 0.6) is 0 Å². The van der Waals surface area contributed by atoms with E-state index in [0.717, 1.165) is 90.0 Å². The van der Waals surface area contributed by atoms with Gasteiger partial charge in [-0.2, -0.15) is 0 Å². The molecule has 5 aliphatic carbocycles. The van der Waals surface area contributed by atoms with Gasteiger partial charge < -0.3 is 26.0 Å². The number of nitrogens with one attached hydrogen (secondary N) is 2. The number of amides is 2. The van der Waals surface area contributed by atoms with Crippen LogP contribution in [-0.4, -0.2) is 57.9 Å². The highest BCUT2D eigenvalue weighted by Crippen LogP contribution is 2.77. The van der Waals surface area contributed by atoms with E-state index in [4.69, 9.17) is 5.11 Å². The van der Waals surface area contributed by atoms with Gasteiger partial charge in [-0.25, -0.2) is 4.79 Å². The lowest BCUT2D eigenvalue weighted by Gasteiger charge is -2.72. The highest BCUT2D eigenvalue weighted by atomic mass is 16.4. The predicted molar refractivity (Wildman–Crippen MR) is 211 cm³/mol. The van der Waals surface area contributed by atoms with E-state index in [1.807, 2.05) is 0 Å². The zero-order valence-electron chi connectivity index (χ0n) is 34.5. The third-order valence-electron chi connectivity index (χ3n) is 17.2. The molecule has 5 fully saturated rings. The topological polar surface area (TPSA) is 136 Å². The van der Waals surface area contributed by atoms with Gasteiger partial charge in [0.2, 0.25) is 11.8 Å². The van der Waals surface area contributed by atoms with E-state index in [-0.39, 0.29) is 45.5 Å². The van der Waals surface area contributed by atoms with Gasteiger partial charge in [0.15, 0.2) is 6.04 Å². The fourth-order valence-electron chi connectivity index (χ4n) is 14.0. The normalized spacial score (nSPS) is 39.7. The van der Waals surface area contributed by atoms with Crippen LogP contribution in [0.15, 0.2) is 12.2 Å². The van der Waals surface area contributed by atoms with Crippen LogP contribution >= 0.6 is 0 Å². The summed E-state index contributed by atoms with van der Waals surface area (Å²) in [5, 5.41) is 35.6. The molecule has 8 heteroatoms. The Morgan fingerprint density at radius 2 is 1.42 bits per heavy atom. The van der Waals surface area contributed by atoms with Gasteiger partial charge in [-0.15, -0.1) is 0 Å². The molecule has 12 atom stereocenters. The third-order valence-corrected chi connectivity index (χ3v) is 17.2. The van der Waals surface area contributed by atoms with Gasteiger partial charge in [0.1, 0.15) is 0 Å². The van der Waals surface area contributed by atoms with Crippen LogP contribution in [0.4, 0.5) is 0 Å². The molecule has 8 nitrogen and oxygen atoms in total. The quantitative estimate of drug-likeness (QED) is 0.0795. The number of allylic oxidation sites excluding steroid dienone is 1. The molecule has 53 heavy (non-hydrogen) atoms. The lowest BCUT2D eigenvalue weighted by atomic mass is 9.32. The Morgan fingerprint density at radius 3 is 2.04 bits per heavy atom. The summed E-state index contributed by atoms with van der Waals surface area (Å²) in [7, 11) is 0. The van der Waals surface area contributed by atoms with Crippen LogP contribution in [0, 0.1) is 56.7 Å². The number of aliphatic hydroxyl groups excluding tert-OH is 2. The third kappa shape index (κ3) is 7.64. The molecule has 5 aliphatic rings. The fraction of sp³-hybridized carbons (Fsp3) is 0.889. The van der Waals surface area contributed by atoms with Crippen molar-refractivity contribution in [2.75, 3.05) is 6.54 Å². The Hall–Kier alpha value is -1.93. The van der Waals surface area contributed by atoms with Gasteiger partial charge in [0.25, 0.3) is 0 Å². The Balaban J connectivity index is 1.11. The smallest absolute Gasteiger partial charge is 0.328 e. The summed E-state index contributed by atoms with van der Waals surface area (Å²) in [4.78, 5) is 37.6. The first-order valence-corrected chi connectivity index (χ1v) is 21.7. The molecule has 5 rings (SSSR count). The van der Waals surface area contributed by atoms with Crippen LogP contribution in [-0.2, 0) is 14.4 Å². The fourth-order valence-corrected chi connectivity index (χ4v) is 14.0. The van der Waals surface area contributed by atoms with Crippen molar-refractivity contribution in [1.82, 2.24) is 10.6 Å². The average Bonchev–Trinajstić information content (AvgIpc) is 3.49. The average molecular weight is 741 g/mol. The second kappa shape index (κ2) is 16.3. The Morgan fingerprint density at radius 1 is 0.774 bits per heavy atom. The second-order valence-electron chi connectivity index (χ2n) is 20.2. The summed E-state index contributed by atoms with van der Waals surface area (Å²) in [5.74, 6) is 1.31. The Bertz CT molecular complexity index is 1350. The van der Waals surface area contributed by atoms with Crippen LogP contribution in [0.2, 0.25) is 0 Å². The van der Waals surface area contributed by atoms with Gasteiger partial charge in [-0.1, -0.05) is 85.3 Å². The Kier molecular flexibility index (Phi) is 13.0. The number of carboxylic acids is 1. The number of aliphatic carboxylic acids is 1. The minimum atomic E-state index is -1.26. The van der Waals surface area contributed by atoms with E-state index in [9.17, 15) is 24.6 Å². The molecular weight excluding hydrogens is 665 g/mol. The maximum atomic E-state index is 14.4. The summed E-state index contributed by atoms with van der Waals surface area (Å²) in [6.45, 7) is 21.4. The van der Waals surface area contributed by atoms with Gasteiger partial charge in [-0.05, 0) is 142 Å². The molecule has 0 aromatic rings. The van der Waals surface area contributed by atoms with Crippen molar-refractivity contribution in [3.8, 4) is 0 Å². The minimum absolute atomic E-state index is 0.0401. The van der Waals surface area contributed by atoms with E-state index < -0.39 is 18.1 Å². The maximum absolute atomic E-state index is 14.4. The summed E-state index contributed by atoms with van der Waals surface area (Å²) in [6.07, 6.45) is 18.2. The molecule has 2 amide bonds. The zero-order chi connectivity index (χ0) is 39.0. The number of aliphatic hydroxyl groups is 2. The first-order chi connectivity index (χ1) is 24.9. The van der Waals surface area contributed by atoms with E-state index in [1.165, 1.54) is 38.2 Å². The number of hydrogen-bond donors (Lipinski definition) is 5. The molecule has 0 aromatic carbocycles. The lowest BCUT2D eigenvalue weighted by molar-refractivity contribution is -0.246. The standard InChI is InChI=1S/C45H76N2O6/c1-29(2)31-20-25-45(40(53)46-28-16-14-12-10-9-11-13-15-17-36(50)47-38(30(3)48)39(51)52)27-26-43(7)32(37(31)45)18-19-34-42(6)23-22-35(49)41(4,5)33(42)21-24-44(34,43)8/h30-35,37-38,48-49H,1,9-28H2,2-8H3,(H,46,53)(H,47,50)(H,51,52)/t30-,31+,32-,33+,34?,35+,37-,38+,42+,43-,44-,45+/m1/s1. The first kappa shape index (κ1) is 42.2. The van der Waals surface area contributed by atoms with Crippen molar-refractivity contribution in [3.05, 3.63) is 12.2 Å². The minimum Gasteiger partial charge on any atom is -0.480 e. The predicted octanol–water partition coefficient (Wildman–Crippen LogP) is 8.58. The summed E-state index contributed by atoms with van der Waals surface area (Å²) in [5.41, 5.74) is 1.64. The van der Waals surface area contributed by atoms with Crippen molar-refractivity contribution in [2.45, 2.75) is 189 Å². The largest absolute Gasteiger partial charge is 0.480 e.